The highest BCUT2D eigenvalue weighted by Gasteiger charge is 2.26. The molecule has 4 aromatic rings. The second-order valence-corrected chi connectivity index (χ2v) is 12.0. The van der Waals surface area contributed by atoms with Crippen molar-refractivity contribution >= 4 is 40.4 Å². The first-order valence-corrected chi connectivity index (χ1v) is 14.4. The summed E-state index contributed by atoms with van der Waals surface area (Å²) < 4.78 is 46.9. The first kappa shape index (κ1) is 31.0. The number of nitrogens with two attached hydrogens (primary N) is 1. The van der Waals surface area contributed by atoms with E-state index in [1.807, 2.05) is 26.8 Å². The molecular formula is C30H32ClF3N8O2. The molecule has 14 heteroatoms. The predicted octanol–water partition coefficient (Wildman–Crippen LogP) is 6.81. The zero-order valence-corrected chi connectivity index (χ0v) is 25.1. The predicted molar refractivity (Wildman–Crippen MR) is 162 cm³/mol. The Bertz CT molecular complexity index is 1680. The Kier molecular flexibility index (Phi) is 8.95. The fourth-order valence-corrected chi connectivity index (χ4v) is 5.14. The van der Waals surface area contributed by atoms with Gasteiger partial charge in [0, 0.05) is 47.9 Å². The molecule has 1 saturated carbocycles. The number of fused-ring (bicyclic) bond motifs is 1. The number of amidine groups is 1. The standard InChI is InChI=1S/C30H32ClF3N8O2/c1-30(2,3)44-29(43)40-20-7-5-19(6-8-20)39-25-21(27(35)41-23-11-18(32)4-9-22(23)31)14-38-42-15-16(10-24(25)42)17-12-36-28(26(33)34)37-13-17/h4,9-15,19-20,26,39H,5-8H2,1-3H3,(H2,35,41)(H,40,43). The van der Waals surface area contributed by atoms with Crippen LogP contribution < -0.4 is 16.4 Å². The van der Waals surface area contributed by atoms with Gasteiger partial charge in [-0.25, -0.2) is 37.4 Å². The number of nitrogens with zero attached hydrogens (tertiary/aromatic N) is 5. The van der Waals surface area contributed by atoms with Crippen molar-refractivity contribution in [3.63, 3.8) is 0 Å². The SMILES string of the molecule is CC(C)(C)OC(=O)NC1CCC(Nc2c(C(N)=Nc3cc(F)ccc3Cl)cnn3cc(-c4cnc(C(F)F)nc4)cc23)CC1. The average Bonchev–Trinajstić information content (AvgIpc) is 3.40. The van der Waals surface area contributed by atoms with E-state index in [0.717, 1.165) is 25.7 Å². The van der Waals surface area contributed by atoms with Crippen molar-refractivity contribution in [1.82, 2.24) is 24.9 Å². The summed E-state index contributed by atoms with van der Waals surface area (Å²) in [6.07, 6.45) is 5.61. The van der Waals surface area contributed by atoms with Gasteiger partial charge in [-0.15, -0.1) is 0 Å². The van der Waals surface area contributed by atoms with Crippen molar-refractivity contribution in [1.29, 1.82) is 0 Å². The molecule has 0 radical (unpaired) electrons. The number of hydrogen-bond acceptors (Lipinski definition) is 7. The average molecular weight is 629 g/mol. The van der Waals surface area contributed by atoms with E-state index in [9.17, 15) is 18.0 Å². The molecule has 232 valence electrons. The van der Waals surface area contributed by atoms with Crippen molar-refractivity contribution in [2.24, 2.45) is 10.7 Å². The lowest BCUT2D eigenvalue weighted by atomic mass is 9.91. The number of ether oxygens (including phenoxy) is 1. The number of carbonyl (C=O) groups excluding carboxylic acids is 1. The van der Waals surface area contributed by atoms with Gasteiger partial charge in [0.25, 0.3) is 6.43 Å². The van der Waals surface area contributed by atoms with Crippen LogP contribution in [0.25, 0.3) is 16.6 Å². The minimum Gasteiger partial charge on any atom is -0.444 e. The summed E-state index contributed by atoms with van der Waals surface area (Å²) in [6.45, 7) is 5.45. The van der Waals surface area contributed by atoms with E-state index < -0.39 is 29.8 Å². The first-order chi connectivity index (χ1) is 20.9. The van der Waals surface area contributed by atoms with Gasteiger partial charge in [-0.3, -0.25) is 0 Å². The number of carbonyl (C=O) groups is 1. The van der Waals surface area contributed by atoms with Gasteiger partial charge >= 0.3 is 6.09 Å². The monoisotopic (exact) mass is 628 g/mol. The van der Waals surface area contributed by atoms with Gasteiger partial charge in [0.2, 0.25) is 0 Å². The molecule has 0 unspecified atom stereocenters. The van der Waals surface area contributed by atoms with Crippen molar-refractivity contribution in [3.8, 4) is 11.1 Å². The Morgan fingerprint density at radius 3 is 2.43 bits per heavy atom. The Hall–Kier alpha value is -4.39. The number of anilines is 1. The minimum atomic E-state index is -2.78. The second-order valence-electron chi connectivity index (χ2n) is 11.6. The molecule has 5 rings (SSSR count). The summed E-state index contributed by atoms with van der Waals surface area (Å²) in [4.78, 5) is 24.2. The third-order valence-electron chi connectivity index (χ3n) is 7.06. The molecule has 1 amide bonds. The van der Waals surface area contributed by atoms with Gasteiger partial charge < -0.3 is 21.1 Å². The van der Waals surface area contributed by atoms with Crippen molar-refractivity contribution in [3.05, 3.63) is 71.3 Å². The molecule has 1 fully saturated rings. The lowest BCUT2D eigenvalue weighted by Gasteiger charge is -2.31. The van der Waals surface area contributed by atoms with Crippen LogP contribution in [-0.4, -0.2) is 49.2 Å². The molecule has 4 N–H and O–H groups in total. The second kappa shape index (κ2) is 12.7. The van der Waals surface area contributed by atoms with Crippen molar-refractivity contribution in [2.45, 2.75) is 70.6 Å². The highest BCUT2D eigenvalue weighted by Crippen LogP contribution is 2.33. The maximum atomic E-state index is 13.9. The molecule has 0 atom stereocenters. The van der Waals surface area contributed by atoms with Crippen LogP contribution in [0.1, 0.15) is 64.3 Å². The fourth-order valence-electron chi connectivity index (χ4n) is 4.98. The third-order valence-corrected chi connectivity index (χ3v) is 7.38. The van der Waals surface area contributed by atoms with Gasteiger partial charge in [0.05, 0.1) is 33.7 Å². The molecule has 44 heavy (non-hydrogen) atoms. The largest absolute Gasteiger partial charge is 0.444 e. The number of alkyl carbamates (subject to hydrolysis) is 1. The van der Waals surface area contributed by atoms with Crippen molar-refractivity contribution in [2.75, 3.05) is 5.32 Å². The third kappa shape index (κ3) is 7.39. The van der Waals surface area contributed by atoms with E-state index in [1.165, 1.54) is 36.8 Å². The number of aliphatic imine (C=N–C) groups is 1. The molecule has 0 saturated heterocycles. The topological polar surface area (TPSA) is 132 Å². The molecule has 0 bridgehead atoms. The number of hydrogen-bond donors (Lipinski definition) is 3. The first-order valence-electron chi connectivity index (χ1n) is 14.0. The number of benzene rings is 1. The molecule has 3 aromatic heterocycles. The number of aromatic nitrogens is 4. The van der Waals surface area contributed by atoms with E-state index in [4.69, 9.17) is 22.1 Å². The summed E-state index contributed by atoms with van der Waals surface area (Å²) in [5.41, 5.74) is 8.92. The quantitative estimate of drug-likeness (QED) is 0.151. The molecule has 3 heterocycles. The maximum Gasteiger partial charge on any atom is 0.407 e. The molecule has 10 nitrogen and oxygen atoms in total. The van der Waals surface area contributed by atoms with Crippen LogP contribution in [0.15, 0.2) is 54.0 Å². The maximum absolute atomic E-state index is 13.9. The summed E-state index contributed by atoms with van der Waals surface area (Å²) in [7, 11) is 0. The zero-order valence-electron chi connectivity index (χ0n) is 24.3. The zero-order chi connectivity index (χ0) is 31.6. The highest BCUT2D eigenvalue weighted by molar-refractivity contribution is 6.33. The van der Waals surface area contributed by atoms with Crippen LogP contribution in [0.4, 0.5) is 29.3 Å². The van der Waals surface area contributed by atoms with Crippen LogP contribution in [0.5, 0.6) is 0 Å². The van der Waals surface area contributed by atoms with Crippen LogP contribution >= 0.6 is 11.6 Å². The Balaban J connectivity index is 1.46. The summed E-state index contributed by atoms with van der Waals surface area (Å²) >= 11 is 6.24. The lowest BCUT2D eigenvalue weighted by Crippen LogP contribution is -2.42. The van der Waals surface area contributed by atoms with Gasteiger partial charge in [0.15, 0.2) is 5.82 Å². The highest BCUT2D eigenvalue weighted by atomic mass is 35.5. The number of nitrogens with one attached hydrogen (secondary N) is 2. The Labute approximate surface area is 256 Å². The fraction of sp³-hybridized carbons (Fsp3) is 0.367. The summed E-state index contributed by atoms with van der Waals surface area (Å²) in [6, 6.07) is 5.61. The van der Waals surface area contributed by atoms with Gasteiger partial charge in [-0.2, -0.15) is 5.10 Å². The molecule has 0 spiro atoms. The van der Waals surface area contributed by atoms with Gasteiger partial charge in [-0.1, -0.05) is 11.6 Å². The molecule has 1 aromatic carbocycles. The Morgan fingerprint density at radius 1 is 1.09 bits per heavy atom. The van der Waals surface area contributed by atoms with E-state index in [0.29, 0.717) is 27.9 Å². The molecule has 1 aliphatic carbocycles. The van der Waals surface area contributed by atoms with Gasteiger partial charge in [0.1, 0.15) is 17.3 Å². The van der Waals surface area contributed by atoms with E-state index in [1.54, 1.807) is 10.7 Å². The van der Waals surface area contributed by atoms with E-state index in [2.05, 4.69) is 30.7 Å². The normalized spacial score (nSPS) is 17.6. The Morgan fingerprint density at radius 2 is 1.77 bits per heavy atom. The van der Waals surface area contributed by atoms with Crippen LogP contribution in [0.2, 0.25) is 5.02 Å². The van der Waals surface area contributed by atoms with Crippen molar-refractivity contribution < 1.29 is 22.7 Å². The molecular weight excluding hydrogens is 597 g/mol. The van der Waals surface area contributed by atoms with Crippen LogP contribution in [0, 0.1) is 5.82 Å². The summed E-state index contributed by atoms with van der Waals surface area (Å²) in [5, 5.41) is 11.2. The van der Waals surface area contributed by atoms with E-state index >= 15 is 0 Å². The number of rotatable bonds is 7. The smallest absolute Gasteiger partial charge is 0.407 e. The summed E-state index contributed by atoms with van der Waals surface area (Å²) in [5.74, 6) is -1.01. The van der Waals surface area contributed by atoms with Crippen LogP contribution in [-0.2, 0) is 4.74 Å². The van der Waals surface area contributed by atoms with E-state index in [-0.39, 0.29) is 28.6 Å². The molecule has 1 aliphatic rings. The molecule has 0 aliphatic heterocycles. The van der Waals surface area contributed by atoms with Gasteiger partial charge in [-0.05, 0) is 64.7 Å². The van der Waals surface area contributed by atoms with Crippen LogP contribution in [0.3, 0.4) is 0 Å². The minimum absolute atomic E-state index is 0.00852. The number of alkyl halides is 2. The lowest BCUT2D eigenvalue weighted by molar-refractivity contribution is 0.0492. The number of amides is 1. The number of halogens is 4.